The highest BCUT2D eigenvalue weighted by molar-refractivity contribution is 7.09. The third-order valence-corrected chi connectivity index (χ3v) is 4.01. The Bertz CT molecular complexity index is 576. The summed E-state index contributed by atoms with van der Waals surface area (Å²) in [6.07, 6.45) is 0.754. The summed E-state index contributed by atoms with van der Waals surface area (Å²) >= 11 is 1.67. The van der Waals surface area contributed by atoms with Crippen LogP contribution in [-0.4, -0.2) is 12.6 Å². The summed E-state index contributed by atoms with van der Waals surface area (Å²) in [4.78, 5) is 13.2. The molecule has 0 atom stereocenters. The van der Waals surface area contributed by atoms with Crippen molar-refractivity contribution < 1.29 is 9.53 Å². The van der Waals surface area contributed by atoms with Gasteiger partial charge < -0.3 is 10.5 Å². The van der Waals surface area contributed by atoms with E-state index in [1.54, 1.807) is 17.4 Å². The monoisotopic (exact) mass is 275 g/mol. The lowest BCUT2D eigenvalue weighted by molar-refractivity contribution is 0.0509. The van der Waals surface area contributed by atoms with E-state index in [0.717, 1.165) is 17.5 Å². The SMILES string of the molecule is Cc1cc(N)cc(C(=O)OCCc2cccs2)c1C. The lowest BCUT2D eigenvalue weighted by Gasteiger charge is -2.10. The second-order valence-electron chi connectivity index (χ2n) is 4.48. The fourth-order valence-electron chi connectivity index (χ4n) is 1.88. The van der Waals surface area contributed by atoms with E-state index in [1.165, 1.54) is 4.88 Å². The van der Waals surface area contributed by atoms with Crippen LogP contribution in [0.3, 0.4) is 0 Å². The Morgan fingerprint density at radius 1 is 1.37 bits per heavy atom. The molecule has 4 heteroatoms. The highest BCUT2D eigenvalue weighted by Crippen LogP contribution is 2.19. The van der Waals surface area contributed by atoms with Crippen LogP contribution < -0.4 is 5.73 Å². The van der Waals surface area contributed by atoms with Gasteiger partial charge in [0.2, 0.25) is 0 Å². The molecular weight excluding hydrogens is 258 g/mol. The first-order valence-electron chi connectivity index (χ1n) is 6.14. The average molecular weight is 275 g/mol. The normalized spacial score (nSPS) is 10.4. The van der Waals surface area contributed by atoms with Crippen molar-refractivity contribution >= 4 is 23.0 Å². The fraction of sp³-hybridized carbons (Fsp3) is 0.267. The first kappa shape index (κ1) is 13.6. The molecule has 0 amide bonds. The molecule has 0 spiro atoms. The first-order chi connectivity index (χ1) is 9.08. The number of thiophene rings is 1. The molecule has 3 nitrogen and oxygen atoms in total. The quantitative estimate of drug-likeness (QED) is 0.687. The Kier molecular flexibility index (Phi) is 4.22. The van der Waals surface area contributed by atoms with E-state index in [0.29, 0.717) is 17.9 Å². The van der Waals surface area contributed by atoms with Gasteiger partial charge in [-0.3, -0.25) is 0 Å². The third kappa shape index (κ3) is 3.35. The van der Waals surface area contributed by atoms with Crippen molar-refractivity contribution in [3.8, 4) is 0 Å². The lowest BCUT2D eigenvalue weighted by Crippen LogP contribution is -2.10. The summed E-state index contributed by atoms with van der Waals surface area (Å²) in [5, 5.41) is 2.02. The van der Waals surface area contributed by atoms with E-state index in [1.807, 2.05) is 37.4 Å². The van der Waals surface area contributed by atoms with Crippen LogP contribution in [-0.2, 0) is 11.2 Å². The summed E-state index contributed by atoms with van der Waals surface area (Å²) < 4.78 is 5.30. The number of aryl methyl sites for hydroxylation is 1. The van der Waals surface area contributed by atoms with Crippen molar-refractivity contribution in [2.45, 2.75) is 20.3 Å². The van der Waals surface area contributed by atoms with Gasteiger partial charge >= 0.3 is 5.97 Å². The molecule has 0 aliphatic heterocycles. The zero-order valence-corrected chi connectivity index (χ0v) is 11.9. The van der Waals surface area contributed by atoms with E-state index in [2.05, 4.69) is 0 Å². The van der Waals surface area contributed by atoms with Gasteiger partial charge in [-0.05, 0) is 48.6 Å². The summed E-state index contributed by atoms with van der Waals surface area (Å²) in [6.45, 7) is 4.24. The molecule has 0 saturated heterocycles. The number of ether oxygens (including phenoxy) is 1. The van der Waals surface area contributed by atoms with Crippen molar-refractivity contribution in [2.24, 2.45) is 0 Å². The number of benzene rings is 1. The minimum Gasteiger partial charge on any atom is -0.462 e. The van der Waals surface area contributed by atoms with Gasteiger partial charge in [0.1, 0.15) is 0 Å². The largest absolute Gasteiger partial charge is 0.462 e. The van der Waals surface area contributed by atoms with Gasteiger partial charge in [-0.25, -0.2) is 4.79 Å². The zero-order valence-electron chi connectivity index (χ0n) is 11.1. The molecule has 0 bridgehead atoms. The van der Waals surface area contributed by atoms with Crippen LogP contribution in [0, 0.1) is 13.8 Å². The van der Waals surface area contributed by atoms with Gasteiger partial charge in [-0.15, -0.1) is 11.3 Å². The number of anilines is 1. The third-order valence-electron chi connectivity index (χ3n) is 3.07. The first-order valence-corrected chi connectivity index (χ1v) is 7.02. The predicted molar refractivity (Wildman–Crippen MR) is 78.6 cm³/mol. The molecule has 0 aliphatic rings. The second-order valence-corrected chi connectivity index (χ2v) is 5.51. The van der Waals surface area contributed by atoms with Crippen molar-refractivity contribution in [3.05, 3.63) is 51.2 Å². The van der Waals surface area contributed by atoms with Crippen molar-refractivity contribution in [1.29, 1.82) is 0 Å². The molecule has 0 unspecified atom stereocenters. The summed E-state index contributed by atoms with van der Waals surface area (Å²) in [7, 11) is 0. The summed E-state index contributed by atoms with van der Waals surface area (Å²) in [5.41, 5.74) is 8.85. The smallest absolute Gasteiger partial charge is 0.338 e. The minimum atomic E-state index is -0.301. The number of esters is 1. The molecular formula is C15H17NO2S. The van der Waals surface area contributed by atoms with E-state index in [-0.39, 0.29) is 5.97 Å². The van der Waals surface area contributed by atoms with Crippen molar-refractivity contribution in [2.75, 3.05) is 12.3 Å². The van der Waals surface area contributed by atoms with Crippen LogP contribution in [0.1, 0.15) is 26.4 Å². The van der Waals surface area contributed by atoms with Crippen LogP contribution in [0.15, 0.2) is 29.6 Å². The predicted octanol–water partition coefficient (Wildman–Crippen LogP) is 3.35. The number of nitrogen functional groups attached to an aromatic ring is 1. The molecule has 1 aromatic heterocycles. The molecule has 0 saturated carbocycles. The van der Waals surface area contributed by atoms with Gasteiger partial charge in [0, 0.05) is 17.0 Å². The average Bonchev–Trinajstić information content (AvgIpc) is 2.86. The Morgan fingerprint density at radius 3 is 2.84 bits per heavy atom. The van der Waals surface area contributed by atoms with Crippen LogP contribution in [0.25, 0.3) is 0 Å². The fourth-order valence-corrected chi connectivity index (χ4v) is 2.57. The highest BCUT2D eigenvalue weighted by atomic mass is 32.1. The maximum absolute atomic E-state index is 12.0. The molecule has 1 aromatic carbocycles. The van der Waals surface area contributed by atoms with E-state index >= 15 is 0 Å². The number of rotatable bonds is 4. The topological polar surface area (TPSA) is 52.3 Å². The molecule has 19 heavy (non-hydrogen) atoms. The maximum atomic E-state index is 12.0. The molecule has 0 aliphatic carbocycles. The van der Waals surface area contributed by atoms with Crippen LogP contribution >= 0.6 is 11.3 Å². The molecule has 0 radical (unpaired) electrons. The number of carbonyl (C=O) groups is 1. The number of hydrogen-bond donors (Lipinski definition) is 1. The maximum Gasteiger partial charge on any atom is 0.338 e. The Balaban J connectivity index is 2.00. The Morgan fingerprint density at radius 2 is 2.16 bits per heavy atom. The summed E-state index contributed by atoms with van der Waals surface area (Å²) in [5.74, 6) is -0.301. The van der Waals surface area contributed by atoms with Gasteiger partial charge in [0.05, 0.1) is 12.2 Å². The number of nitrogens with two attached hydrogens (primary N) is 1. The minimum absolute atomic E-state index is 0.301. The van der Waals surface area contributed by atoms with E-state index < -0.39 is 0 Å². The summed E-state index contributed by atoms with van der Waals surface area (Å²) in [6, 6.07) is 7.56. The Labute approximate surface area is 117 Å². The van der Waals surface area contributed by atoms with Crippen LogP contribution in [0.5, 0.6) is 0 Å². The number of hydrogen-bond acceptors (Lipinski definition) is 4. The molecule has 0 fully saturated rings. The van der Waals surface area contributed by atoms with E-state index in [4.69, 9.17) is 10.5 Å². The van der Waals surface area contributed by atoms with Crippen molar-refractivity contribution in [3.63, 3.8) is 0 Å². The standard InChI is InChI=1S/C15H17NO2S/c1-10-8-12(16)9-14(11(10)2)15(17)18-6-5-13-4-3-7-19-13/h3-4,7-9H,5-6,16H2,1-2H3. The highest BCUT2D eigenvalue weighted by Gasteiger charge is 2.13. The van der Waals surface area contributed by atoms with Crippen molar-refractivity contribution in [1.82, 2.24) is 0 Å². The molecule has 1 heterocycles. The van der Waals surface area contributed by atoms with Gasteiger partial charge in [-0.2, -0.15) is 0 Å². The van der Waals surface area contributed by atoms with Crippen LogP contribution in [0.2, 0.25) is 0 Å². The van der Waals surface area contributed by atoms with Gasteiger partial charge in [0.15, 0.2) is 0 Å². The molecule has 100 valence electrons. The van der Waals surface area contributed by atoms with Crippen LogP contribution in [0.4, 0.5) is 5.69 Å². The lowest BCUT2D eigenvalue weighted by atomic mass is 10.0. The zero-order chi connectivity index (χ0) is 13.8. The second kappa shape index (κ2) is 5.89. The molecule has 2 N–H and O–H groups in total. The molecule has 2 rings (SSSR count). The number of carbonyl (C=O) groups excluding carboxylic acids is 1. The molecule has 2 aromatic rings. The van der Waals surface area contributed by atoms with E-state index in [9.17, 15) is 4.79 Å². The van der Waals surface area contributed by atoms with Gasteiger partial charge in [-0.1, -0.05) is 6.07 Å². The van der Waals surface area contributed by atoms with Gasteiger partial charge in [0.25, 0.3) is 0 Å². The Hall–Kier alpha value is -1.81.